The fourth-order valence-corrected chi connectivity index (χ4v) is 3.96. The molecule has 1 unspecified atom stereocenters. The number of ether oxygens (including phenoxy) is 2. The molecule has 0 fully saturated rings. The van der Waals surface area contributed by atoms with Crippen LogP contribution in [0.3, 0.4) is 0 Å². The van der Waals surface area contributed by atoms with E-state index < -0.39 is 0 Å². The van der Waals surface area contributed by atoms with E-state index in [-0.39, 0.29) is 30.5 Å². The van der Waals surface area contributed by atoms with E-state index in [2.05, 4.69) is 60.6 Å². The van der Waals surface area contributed by atoms with Gasteiger partial charge in [-0.3, -0.25) is 0 Å². The Morgan fingerprint density at radius 1 is 0.968 bits per heavy atom. The molecule has 0 radical (unpaired) electrons. The second kappa shape index (κ2) is 14.2. The number of thioether (sulfide) groups is 1. The molecule has 0 heterocycles. The number of benzene rings is 1. The van der Waals surface area contributed by atoms with Gasteiger partial charge in [0.2, 0.25) is 4.38 Å². The summed E-state index contributed by atoms with van der Waals surface area (Å²) in [7, 11) is 0. The maximum atomic E-state index is 13.3. The van der Waals surface area contributed by atoms with Gasteiger partial charge in [0.25, 0.3) is 0 Å². The first-order valence-corrected chi connectivity index (χ1v) is 13.3. The van der Waals surface area contributed by atoms with E-state index >= 15 is 0 Å². The largest absolute Gasteiger partial charge is 0.472 e. The zero-order valence-corrected chi connectivity index (χ0v) is 22.4. The van der Waals surface area contributed by atoms with Crippen LogP contribution >= 0.6 is 24.0 Å². The molecule has 1 aromatic rings. The summed E-state index contributed by atoms with van der Waals surface area (Å²) >= 11 is 6.67. The van der Waals surface area contributed by atoms with Crippen LogP contribution in [0.2, 0.25) is 0 Å². The summed E-state index contributed by atoms with van der Waals surface area (Å²) in [6.07, 6.45) is 7.15. The number of esters is 1. The van der Waals surface area contributed by atoms with Crippen LogP contribution in [-0.2, 0) is 9.47 Å². The molecule has 0 saturated carbocycles. The summed E-state index contributed by atoms with van der Waals surface area (Å²) in [4.78, 5) is 13.3. The summed E-state index contributed by atoms with van der Waals surface area (Å²) in [5, 5.41) is 0. The van der Waals surface area contributed by atoms with Crippen molar-refractivity contribution in [1.29, 1.82) is 0 Å². The van der Waals surface area contributed by atoms with E-state index in [0.717, 1.165) is 36.0 Å². The van der Waals surface area contributed by atoms with Gasteiger partial charge >= 0.3 is 5.97 Å². The fraction of sp³-hybridized carbons (Fsp3) is 0.692. The van der Waals surface area contributed by atoms with Crippen LogP contribution in [-0.4, -0.2) is 29.3 Å². The normalized spacial score (nSPS) is 12.5. The van der Waals surface area contributed by atoms with Gasteiger partial charge in [0.15, 0.2) is 0 Å². The molecular formula is C26H42O3S2. The van der Waals surface area contributed by atoms with Crippen LogP contribution in [0.5, 0.6) is 0 Å². The smallest absolute Gasteiger partial charge is 0.338 e. The number of thiocarbonyl (C=S) groups is 1. The summed E-state index contributed by atoms with van der Waals surface area (Å²) in [6.45, 7) is 15.4. The highest BCUT2D eigenvalue weighted by atomic mass is 32.2. The number of carbonyl (C=O) groups is 1. The molecular weight excluding hydrogens is 424 g/mol. The molecule has 0 bridgehead atoms. The lowest BCUT2D eigenvalue weighted by Crippen LogP contribution is -2.25. The van der Waals surface area contributed by atoms with E-state index in [1.807, 2.05) is 6.26 Å². The van der Waals surface area contributed by atoms with Crippen molar-refractivity contribution < 1.29 is 14.3 Å². The minimum absolute atomic E-state index is 0.194. The first-order valence-electron chi connectivity index (χ1n) is 11.7. The fourth-order valence-electron chi connectivity index (χ4n) is 3.59. The Balaban J connectivity index is 3.09. The monoisotopic (exact) mass is 466 g/mol. The van der Waals surface area contributed by atoms with Gasteiger partial charge in [-0.05, 0) is 65.8 Å². The predicted octanol–water partition coefficient (Wildman–Crippen LogP) is 8.22. The van der Waals surface area contributed by atoms with Crippen molar-refractivity contribution in [2.45, 2.75) is 104 Å². The summed E-state index contributed by atoms with van der Waals surface area (Å²) in [5.41, 5.74) is 4.14. The molecule has 5 heteroatoms. The van der Waals surface area contributed by atoms with Crippen molar-refractivity contribution in [3.63, 3.8) is 0 Å². The van der Waals surface area contributed by atoms with Crippen molar-refractivity contribution in [2.24, 2.45) is 0 Å². The molecule has 176 valence electrons. The van der Waals surface area contributed by atoms with Crippen LogP contribution in [0, 0.1) is 0 Å². The molecule has 1 rings (SSSR count). The molecule has 0 amide bonds. The standard InChI is InChI=1S/C26H42O3S2/c1-9-10-11-12-13-21(29-26(30)31-8)16-28-25(27)24-22(18(4)5)14-20(17(2)3)15-23(24)19(6)7/h14-15,17-19,21H,9-13,16H2,1-8H3. The van der Waals surface area contributed by atoms with Gasteiger partial charge in [-0.2, -0.15) is 0 Å². The molecule has 1 aromatic carbocycles. The molecule has 0 aliphatic rings. The Labute approximate surface area is 200 Å². The van der Waals surface area contributed by atoms with Crippen LogP contribution < -0.4 is 0 Å². The highest BCUT2D eigenvalue weighted by molar-refractivity contribution is 8.22. The zero-order chi connectivity index (χ0) is 23.6. The number of hydrogen-bond acceptors (Lipinski definition) is 5. The van der Waals surface area contributed by atoms with E-state index in [4.69, 9.17) is 21.7 Å². The number of carbonyl (C=O) groups excluding carboxylic acids is 1. The van der Waals surface area contributed by atoms with Gasteiger partial charge in [-0.1, -0.05) is 91.6 Å². The van der Waals surface area contributed by atoms with Gasteiger partial charge in [-0.25, -0.2) is 4.79 Å². The molecule has 0 aliphatic carbocycles. The topological polar surface area (TPSA) is 35.5 Å². The van der Waals surface area contributed by atoms with Gasteiger partial charge in [0.05, 0.1) is 5.56 Å². The molecule has 0 spiro atoms. The maximum Gasteiger partial charge on any atom is 0.338 e. The summed E-state index contributed by atoms with van der Waals surface area (Å²) in [5.74, 6) is 0.640. The highest BCUT2D eigenvalue weighted by Gasteiger charge is 2.24. The SMILES string of the molecule is CCCCCCC(COC(=O)c1c(C(C)C)cc(C(C)C)cc1C(C)C)OC(=S)SC. The maximum absolute atomic E-state index is 13.3. The molecule has 31 heavy (non-hydrogen) atoms. The van der Waals surface area contributed by atoms with Crippen LogP contribution in [0.15, 0.2) is 12.1 Å². The Kier molecular flexibility index (Phi) is 12.8. The van der Waals surface area contributed by atoms with Crippen LogP contribution in [0.1, 0.15) is 125 Å². The third-order valence-electron chi connectivity index (χ3n) is 5.55. The highest BCUT2D eigenvalue weighted by Crippen LogP contribution is 2.32. The van der Waals surface area contributed by atoms with E-state index in [1.54, 1.807) is 0 Å². The van der Waals surface area contributed by atoms with Crippen molar-refractivity contribution >= 4 is 34.3 Å². The van der Waals surface area contributed by atoms with E-state index in [1.165, 1.54) is 30.2 Å². The molecule has 1 atom stereocenters. The average molecular weight is 467 g/mol. The Morgan fingerprint density at radius 3 is 2.00 bits per heavy atom. The molecule has 0 aromatic heterocycles. The second-order valence-electron chi connectivity index (χ2n) is 9.18. The first-order chi connectivity index (χ1) is 14.6. The van der Waals surface area contributed by atoms with Crippen molar-refractivity contribution in [3.8, 4) is 0 Å². The molecule has 0 saturated heterocycles. The second-order valence-corrected chi connectivity index (χ2v) is 10.6. The minimum atomic E-state index is -0.250. The van der Waals surface area contributed by atoms with Gasteiger partial charge in [0, 0.05) is 0 Å². The summed E-state index contributed by atoms with van der Waals surface area (Å²) < 4.78 is 12.2. The Hall–Kier alpha value is -1.07. The average Bonchev–Trinajstić information content (AvgIpc) is 2.73. The minimum Gasteiger partial charge on any atom is -0.472 e. The number of hydrogen-bond donors (Lipinski definition) is 0. The van der Waals surface area contributed by atoms with Crippen molar-refractivity contribution in [1.82, 2.24) is 0 Å². The van der Waals surface area contributed by atoms with E-state index in [9.17, 15) is 4.79 Å². The Bertz CT molecular complexity index is 682. The zero-order valence-electron chi connectivity index (χ0n) is 20.7. The van der Waals surface area contributed by atoms with Crippen LogP contribution in [0.4, 0.5) is 0 Å². The Morgan fingerprint density at radius 2 is 1.55 bits per heavy atom. The van der Waals surface area contributed by atoms with Gasteiger partial charge in [0.1, 0.15) is 12.7 Å². The molecule has 3 nitrogen and oxygen atoms in total. The van der Waals surface area contributed by atoms with Crippen LogP contribution in [0.25, 0.3) is 0 Å². The summed E-state index contributed by atoms with van der Waals surface area (Å²) in [6, 6.07) is 4.36. The number of rotatable bonds is 12. The van der Waals surface area contributed by atoms with Crippen molar-refractivity contribution in [2.75, 3.05) is 12.9 Å². The predicted molar refractivity (Wildman–Crippen MR) is 139 cm³/mol. The lowest BCUT2D eigenvalue weighted by molar-refractivity contribution is 0.0279. The van der Waals surface area contributed by atoms with Gasteiger partial charge < -0.3 is 9.47 Å². The van der Waals surface area contributed by atoms with Crippen molar-refractivity contribution in [3.05, 3.63) is 34.4 Å². The lowest BCUT2D eigenvalue weighted by Gasteiger charge is -2.23. The molecule has 0 N–H and O–H groups in total. The lowest BCUT2D eigenvalue weighted by atomic mass is 9.84. The quantitative estimate of drug-likeness (QED) is 0.176. The third kappa shape index (κ3) is 9.13. The number of unbranched alkanes of at least 4 members (excludes halogenated alkanes) is 3. The van der Waals surface area contributed by atoms with Gasteiger partial charge in [-0.15, -0.1) is 0 Å². The molecule has 0 aliphatic heterocycles. The first kappa shape index (κ1) is 28.0. The third-order valence-corrected chi connectivity index (χ3v) is 6.57. The van der Waals surface area contributed by atoms with E-state index in [0.29, 0.717) is 10.3 Å².